The Morgan fingerprint density at radius 2 is 1.14 bits per heavy atom. The number of hydrogen-bond acceptors (Lipinski definition) is 4. The van der Waals surface area contributed by atoms with Crippen LogP contribution in [0.25, 0.3) is 5.73 Å². The number of methoxy groups -OCH3 is 2. The Hall–Kier alpha value is -1.12. The van der Waals surface area contributed by atoms with Crippen LogP contribution in [0.15, 0.2) is 66.7 Å². The molecule has 3 aromatic rings. The van der Waals surface area contributed by atoms with Crippen molar-refractivity contribution in [3.8, 4) is 23.0 Å². The number of halogens is 2. The summed E-state index contributed by atoms with van der Waals surface area (Å²) in [6.45, 7) is 19.7. The molecule has 0 saturated heterocycles. The number of hydrogen-bond donors (Lipinski definition) is 0. The summed E-state index contributed by atoms with van der Waals surface area (Å²) < 4.78 is 25.0. The average molecular weight is 768 g/mol. The fourth-order valence-corrected chi connectivity index (χ4v) is 13.5. The fourth-order valence-electron chi connectivity index (χ4n) is 5.78. The zero-order valence-corrected chi connectivity index (χ0v) is 32.4. The van der Waals surface area contributed by atoms with Crippen molar-refractivity contribution in [1.29, 1.82) is 0 Å². The summed E-state index contributed by atoms with van der Waals surface area (Å²) in [6, 6.07) is 22.2. The Labute approximate surface area is 283 Å². The van der Waals surface area contributed by atoms with Crippen LogP contribution in [-0.4, -0.2) is 42.3 Å². The van der Waals surface area contributed by atoms with Gasteiger partial charge in [-0.15, -0.1) is 0 Å². The minimum atomic E-state index is -1.16. The molecule has 10 heteroatoms. The second kappa shape index (κ2) is 16.1. The van der Waals surface area contributed by atoms with E-state index >= 15 is 0 Å². The van der Waals surface area contributed by atoms with E-state index in [1.807, 2.05) is 49.4 Å². The van der Waals surface area contributed by atoms with Gasteiger partial charge in [0.05, 0.1) is 40.4 Å². The van der Waals surface area contributed by atoms with Gasteiger partial charge in [-0.2, -0.15) is 12.0 Å². The Balaban J connectivity index is 0.000000315. The predicted molar refractivity (Wildman–Crippen MR) is 190 cm³/mol. The van der Waals surface area contributed by atoms with Gasteiger partial charge in [0.15, 0.2) is 33.6 Å². The Bertz CT molecular complexity index is 1270. The molecule has 0 radical (unpaired) electrons. The molecule has 0 spiro atoms. The molecule has 2 heterocycles. The van der Waals surface area contributed by atoms with Crippen molar-refractivity contribution in [2.45, 2.75) is 82.4 Å². The first-order valence-electron chi connectivity index (χ1n) is 14.6. The second-order valence-electron chi connectivity index (χ2n) is 12.9. The topological polar surface area (TPSA) is 60.7 Å². The Morgan fingerprint density at radius 3 is 1.45 bits per heavy atom. The van der Waals surface area contributed by atoms with Gasteiger partial charge in [0, 0.05) is 0 Å². The molecule has 2 aliphatic heterocycles. The summed E-state index contributed by atoms with van der Waals surface area (Å²) in [5.41, 5.74) is 8.61. The van der Waals surface area contributed by atoms with Crippen LogP contribution in [-0.2, 0) is 15.1 Å². The molecule has 5 rings (SSSR count). The van der Waals surface area contributed by atoms with Crippen LogP contribution in [0.4, 0.5) is 0 Å². The van der Waals surface area contributed by atoms with Crippen LogP contribution < -0.4 is 29.6 Å². The fraction of sp³-hybridized carbons (Fsp3) is 0.441. The van der Waals surface area contributed by atoms with Gasteiger partial charge in [0.1, 0.15) is 0 Å². The maximum absolute atomic E-state index is 7.46. The molecule has 6 atom stereocenters. The first-order chi connectivity index (χ1) is 20.7. The first kappa shape index (κ1) is 37.3. The van der Waals surface area contributed by atoms with Crippen molar-refractivity contribution in [2.75, 3.05) is 14.2 Å². The minimum absolute atomic E-state index is 0.0199. The van der Waals surface area contributed by atoms with Crippen LogP contribution >= 0.6 is 35.2 Å². The Morgan fingerprint density at radius 1 is 0.750 bits per heavy atom. The molecular weight excluding hydrogens is 720 g/mol. The van der Waals surface area contributed by atoms with E-state index in [4.69, 9.17) is 44.1 Å². The summed E-state index contributed by atoms with van der Waals surface area (Å²) in [6.07, 6.45) is 0. The zero-order valence-electron chi connectivity index (χ0n) is 27.1. The summed E-state index contributed by atoms with van der Waals surface area (Å²) >= 11 is -0.346. The van der Waals surface area contributed by atoms with Gasteiger partial charge in [-0.05, 0) is 65.8 Å². The SMILES string of the molecule is COc1cccc2c1[PH+](C(C)(C)C)[C@H]([C@@H]1Oc3cccc(OC)c3[PH+]1C(C)(C)C)O2.[CH2-][C@H](c1ccccc1)[C@@H](C)[NH-].[Cl][Ru+2][Cl]. The first-order valence-corrected chi connectivity index (χ1v) is 22.2. The van der Waals surface area contributed by atoms with Gasteiger partial charge in [0.25, 0.3) is 11.7 Å². The summed E-state index contributed by atoms with van der Waals surface area (Å²) in [5, 5.41) is 2.71. The van der Waals surface area contributed by atoms with E-state index < -0.39 is 15.8 Å². The van der Waals surface area contributed by atoms with Crippen LogP contribution in [0.3, 0.4) is 0 Å². The van der Waals surface area contributed by atoms with Crippen molar-refractivity contribution in [3.05, 3.63) is 85.0 Å². The molecular formula is C34H47Cl2NO4P2Ru+2. The van der Waals surface area contributed by atoms with Crippen molar-refractivity contribution >= 4 is 45.8 Å². The third-order valence-corrected chi connectivity index (χ3v) is 15.4. The van der Waals surface area contributed by atoms with Gasteiger partial charge >= 0.3 is 34.5 Å². The predicted octanol–water partition coefficient (Wildman–Crippen LogP) is 9.54. The normalized spacial score (nSPS) is 21.6. The quantitative estimate of drug-likeness (QED) is 0.148. The molecule has 44 heavy (non-hydrogen) atoms. The molecule has 0 saturated carbocycles. The number of fused-ring (bicyclic) bond motifs is 2. The van der Waals surface area contributed by atoms with E-state index in [0.717, 1.165) is 28.6 Å². The third-order valence-electron chi connectivity index (χ3n) is 7.75. The number of nitrogens with one attached hydrogen (secondary N) is 1. The monoisotopic (exact) mass is 767 g/mol. The van der Waals surface area contributed by atoms with Crippen LogP contribution in [0.1, 0.15) is 59.9 Å². The molecule has 242 valence electrons. The van der Waals surface area contributed by atoms with Crippen molar-refractivity contribution in [3.63, 3.8) is 0 Å². The molecule has 0 aromatic heterocycles. The summed E-state index contributed by atoms with van der Waals surface area (Å²) in [5.74, 6) is 3.94. The summed E-state index contributed by atoms with van der Waals surface area (Å²) in [4.78, 5) is 0. The molecule has 2 aliphatic rings. The van der Waals surface area contributed by atoms with E-state index in [9.17, 15) is 0 Å². The van der Waals surface area contributed by atoms with Crippen molar-refractivity contribution < 1.29 is 34.1 Å². The average Bonchev–Trinajstić information content (AvgIpc) is 3.57. The zero-order chi connectivity index (χ0) is 32.8. The van der Waals surface area contributed by atoms with E-state index in [1.165, 1.54) is 10.6 Å². The van der Waals surface area contributed by atoms with Crippen LogP contribution in [0.5, 0.6) is 23.0 Å². The van der Waals surface area contributed by atoms with Gasteiger partial charge in [-0.25, -0.2) is 0 Å². The Kier molecular flexibility index (Phi) is 13.7. The van der Waals surface area contributed by atoms with E-state index in [1.54, 1.807) is 14.2 Å². The number of ether oxygens (including phenoxy) is 4. The molecule has 1 N–H and O–H groups in total. The molecule has 3 aromatic carbocycles. The molecule has 0 amide bonds. The van der Waals surface area contributed by atoms with Crippen LogP contribution in [0, 0.1) is 6.92 Å². The van der Waals surface area contributed by atoms with Crippen LogP contribution in [0.2, 0.25) is 0 Å². The van der Waals surface area contributed by atoms with Crippen molar-refractivity contribution in [2.24, 2.45) is 0 Å². The van der Waals surface area contributed by atoms with E-state index in [0.29, 0.717) is 0 Å². The van der Waals surface area contributed by atoms with Gasteiger partial charge in [-0.1, -0.05) is 55.0 Å². The van der Waals surface area contributed by atoms with Crippen molar-refractivity contribution in [1.82, 2.24) is 0 Å². The third kappa shape index (κ3) is 8.62. The molecule has 0 bridgehead atoms. The van der Waals surface area contributed by atoms with Gasteiger partial charge in [-0.3, -0.25) is 0 Å². The van der Waals surface area contributed by atoms with E-state index in [2.05, 4.69) is 72.7 Å². The standard InChI is InChI=1S/C24H32O4P2.C10H13N.2ClH.Ru/c1-23(2,3)29-19-15(25-7)11-9-13-17(19)27-21(29)22-28-18-14-10-12-16(26-8)20(18)30(22)24(4,5)6;1-8(9(2)11)10-6-4-3-5-7-10;;;/h9-14,21-22H,1-8H3;3-9,11H,1H2,2H3;2*1H;/q;-2;;;+4/t21-,22-,29?,30?;8-,9+;;;/m10.../s1. The number of rotatable bonds is 5. The van der Waals surface area contributed by atoms with Gasteiger partial charge < -0.3 is 31.6 Å². The molecule has 2 unspecified atom stereocenters. The second-order valence-corrected chi connectivity index (χ2v) is 22.4. The molecule has 0 fully saturated rings. The van der Waals surface area contributed by atoms with Gasteiger partial charge in [0.2, 0.25) is 0 Å². The molecule has 5 nitrogen and oxygen atoms in total. The summed E-state index contributed by atoms with van der Waals surface area (Å²) in [7, 11) is 10.9. The van der Waals surface area contributed by atoms with E-state index in [-0.39, 0.29) is 49.1 Å². The number of benzene rings is 3. The maximum atomic E-state index is 7.46. The molecule has 0 aliphatic carbocycles.